The molecule has 0 aromatic rings. The highest BCUT2D eigenvalue weighted by molar-refractivity contribution is 5.73. The molecule has 12 nitrogen and oxygen atoms in total. The van der Waals surface area contributed by atoms with Crippen LogP contribution in [0.25, 0.3) is 10.4 Å². The monoisotopic (exact) mass is 377 g/mol. The summed E-state index contributed by atoms with van der Waals surface area (Å²) >= 11 is 0. The highest BCUT2D eigenvalue weighted by Crippen LogP contribution is 2.05. The van der Waals surface area contributed by atoms with E-state index in [1.807, 2.05) is 5.43 Å². The van der Waals surface area contributed by atoms with E-state index in [-0.39, 0.29) is 13.2 Å². The number of nitrogens with one attached hydrogen (secondary N) is 2. The van der Waals surface area contributed by atoms with Crippen molar-refractivity contribution >= 4 is 12.2 Å². The van der Waals surface area contributed by atoms with Crippen molar-refractivity contribution < 1.29 is 33.3 Å². The molecule has 0 radical (unpaired) electrons. The Morgan fingerprint density at radius 3 is 1.92 bits per heavy atom. The maximum atomic E-state index is 11.3. The zero-order valence-electron chi connectivity index (χ0n) is 15.4. The zero-order chi connectivity index (χ0) is 19.7. The van der Waals surface area contributed by atoms with Crippen LogP contribution in [0.1, 0.15) is 20.8 Å². The van der Waals surface area contributed by atoms with Crippen molar-refractivity contribution in [2.24, 2.45) is 5.11 Å². The molecule has 0 spiro atoms. The van der Waals surface area contributed by atoms with Gasteiger partial charge >= 0.3 is 12.2 Å². The van der Waals surface area contributed by atoms with Gasteiger partial charge in [-0.3, -0.25) is 0 Å². The standard InChI is InChI=1S/C14H27N5O7/c1-14(2,3)26-13(21)18-17-12(20)25-11-10-24-9-8-23-7-6-22-5-4-16-19-15/h4-11H2,1-3H3,(H,17,20)(H,18,21). The fraction of sp³-hybridized carbons (Fsp3) is 0.857. The number of carbonyl (C=O) groups excluding carboxylic acids is 2. The molecule has 0 unspecified atom stereocenters. The van der Waals surface area contributed by atoms with Gasteiger partial charge in [-0.15, -0.1) is 0 Å². The Hall–Kier alpha value is -2.27. The Kier molecular flexibility index (Phi) is 13.7. The van der Waals surface area contributed by atoms with E-state index in [4.69, 9.17) is 29.2 Å². The van der Waals surface area contributed by atoms with Crippen molar-refractivity contribution in [3.05, 3.63) is 10.4 Å². The lowest BCUT2D eigenvalue weighted by Gasteiger charge is -2.19. The average Bonchev–Trinajstić information content (AvgIpc) is 2.55. The molecule has 0 bridgehead atoms. The summed E-state index contributed by atoms with van der Waals surface area (Å²) in [6, 6.07) is 0. The summed E-state index contributed by atoms with van der Waals surface area (Å²) < 4.78 is 25.3. The number of carbonyl (C=O) groups is 2. The minimum absolute atomic E-state index is 0.0182. The molecule has 0 saturated carbocycles. The lowest BCUT2D eigenvalue weighted by atomic mass is 10.2. The van der Waals surface area contributed by atoms with Gasteiger partial charge < -0.3 is 23.7 Å². The Morgan fingerprint density at radius 1 is 0.885 bits per heavy atom. The lowest BCUT2D eigenvalue weighted by Crippen LogP contribution is -2.44. The normalized spacial score (nSPS) is 10.6. The minimum atomic E-state index is -0.825. The summed E-state index contributed by atoms with van der Waals surface area (Å²) in [5, 5.41) is 3.32. The lowest BCUT2D eigenvalue weighted by molar-refractivity contribution is 0.00629. The van der Waals surface area contributed by atoms with E-state index in [0.717, 1.165) is 0 Å². The van der Waals surface area contributed by atoms with Crippen LogP contribution in [0.3, 0.4) is 0 Å². The molecular formula is C14H27N5O7. The highest BCUT2D eigenvalue weighted by Gasteiger charge is 2.16. The average molecular weight is 377 g/mol. The third-order valence-corrected chi connectivity index (χ3v) is 2.27. The Balaban J connectivity index is 3.35. The molecule has 0 heterocycles. The van der Waals surface area contributed by atoms with E-state index in [1.165, 1.54) is 0 Å². The first-order valence-electron chi connectivity index (χ1n) is 8.01. The largest absolute Gasteiger partial charge is 0.446 e. The van der Waals surface area contributed by atoms with Crippen LogP contribution < -0.4 is 10.9 Å². The van der Waals surface area contributed by atoms with Gasteiger partial charge in [0, 0.05) is 11.5 Å². The molecule has 2 N–H and O–H groups in total. The zero-order valence-corrected chi connectivity index (χ0v) is 15.4. The van der Waals surface area contributed by atoms with Gasteiger partial charge in [0.15, 0.2) is 0 Å². The predicted octanol–water partition coefficient (Wildman–Crippen LogP) is 1.51. The molecule has 0 aliphatic heterocycles. The number of azide groups is 1. The molecule has 0 atom stereocenters. The fourth-order valence-corrected chi connectivity index (χ4v) is 1.33. The summed E-state index contributed by atoms with van der Waals surface area (Å²) in [6.45, 7) is 7.44. The number of hydrazine groups is 1. The van der Waals surface area contributed by atoms with Crippen LogP contribution in [0.15, 0.2) is 5.11 Å². The molecule has 0 aromatic heterocycles. The van der Waals surface area contributed by atoms with E-state index in [9.17, 15) is 9.59 Å². The summed E-state index contributed by atoms with van der Waals surface area (Å²) in [5.41, 5.74) is 11.5. The summed E-state index contributed by atoms with van der Waals surface area (Å²) in [4.78, 5) is 25.2. The van der Waals surface area contributed by atoms with Gasteiger partial charge in [0.25, 0.3) is 0 Å². The van der Waals surface area contributed by atoms with Crippen LogP contribution >= 0.6 is 0 Å². The van der Waals surface area contributed by atoms with Crippen LogP contribution in [-0.2, 0) is 23.7 Å². The van der Waals surface area contributed by atoms with E-state index in [1.54, 1.807) is 20.8 Å². The quantitative estimate of drug-likeness (QED) is 0.172. The maximum absolute atomic E-state index is 11.3. The van der Waals surface area contributed by atoms with Crippen molar-refractivity contribution in [1.29, 1.82) is 0 Å². The number of hydrogen-bond donors (Lipinski definition) is 2. The molecule has 0 aliphatic rings. The van der Waals surface area contributed by atoms with Gasteiger partial charge in [-0.05, 0) is 26.3 Å². The van der Waals surface area contributed by atoms with Crippen molar-refractivity contribution in [3.63, 3.8) is 0 Å². The Morgan fingerprint density at radius 2 is 1.38 bits per heavy atom. The second-order valence-corrected chi connectivity index (χ2v) is 5.68. The summed E-state index contributed by atoms with van der Waals surface area (Å²) in [5.74, 6) is 0. The molecule has 12 heteroatoms. The summed E-state index contributed by atoms with van der Waals surface area (Å²) in [6.07, 6.45) is -1.61. The van der Waals surface area contributed by atoms with Gasteiger partial charge in [-0.1, -0.05) is 5.11 Å². The molecule has 150 valence electrons. The van der Waals surface area contributed by atoms with Crippen LogP contribution in [0.2, 0.25) is 0 Å². The number of ether oxygens (including phenoxy) is 5. The van der Waals surface area contributed by atoms with Gasteiger partial charge in [-0.2, -0.15) is 0 Å². The van der Waals surface area contributed by atoms with Gasteiger partial charge in [0.2, 0.25) is 0 Å². The first-order chi connectivity index (χ1) is 12.3. The van der Waals surface area contributed by atoms with Crippen molar-refractivity contribution in [2.75, 3.05) is 52.8 Å². The maximum Gasteiger partial charge on any atom is 0.426 e. The van der Waals surface area contributed by atoms with Crippen molar-refractivity contribution in [2.45, 2.75) is 26.4 Å². The topological polar surface area (TPSA) is 153 Å². The molecule has 26 heavy (non-hydrogen) atoms. The first-order valence-corrected chi connectivity index (χ1v) is 8.01. The first kappa shape index (κ1) is 23.7. The third kappa shape index (κ3) is 18.1. The molecule has 2 amide bonds. The minimum Gasteiger partial charge on any atom is -0.446 e. The SMILES string of the molecule is CC(C)(C)OC(=O)NNC(=O)OCCOCCOCCOCCN=[N+]=[N-]. The predicted molar refractivity (Wildman–Crippen MR) is 90.3 cm³/mol. The summed E-state index contributed by atoms with van der Waals surface area (Å²) in [7, 11) is 0. The van der Waals surface area contributed by atoms with Crippen LogP contribution in [0, 0.1) is 0 Å². The van der Waals surface area contributed by atoms with Crippen molar-refractivity contribution in [3.8, 4) is 0 Å². The van der Waals surface area contributed by atoms with Gasteiger partial charge in [0.05, 0.1) is 39.6 Å². The second-order valence-electron chi connectivity index (χ2n) is 5.68. The second kappa shape index (κ2) is 15.0. The van der Waals surface area contributed by atoms with E-state index < -0.39 is 17.8 Å². The van der Waals surface area contributed by atoms with Crippen molar-refractivity contribution in [1.82, 2.24) is 10.9 Å². The molecule has 0 rings (SSSR count). The number of hydrogen-bond acceptors (Lipinski definition) is 8. The smallest absolute Gasteiger partial charge is 0.426 e. The van der Waals surface area contributed by atoms with E-state index in [0.29, 0.717) is 39.6 Å². The number of amides is 2. The Labute approximate surface area is 152 Å². The van der Waals surface area contributed by atoms with Crippen LogP contribution in [0.4, 0.5) is 9.59 Å². The molecule has 0 aromatic carbocycles. The number of rotatable bonds is 12. The van der Waals surface area contributed by atoms with Crippen LogP contribution in [0.5, 0.6) is 0 Å². The number of nitrogens with zero attached hydrogens (tertiary/aromatic N) is 3. The van der Waals surface area contributed by atoms with Crippen LogP contribution in [-0.4, -0.2) is 70.6 Å². The molecule has 0 saturated heterocycles. The fourth-order valence-electron chi connectivity index (χ4n) is 1.33. The van der Waals surface area contributed by atoms with Gasteiger partial charge in [0.1, 0.15) is 12.2 Å². The molecule has 0 aliphatic carbocycles. The van der Waals surface area contributed by atoms with E-state index >= 15 is 0 Å². The third-order valence-electron chi connectivity index (χ3n) is 2.27. The Bertz CT molecular complexity index is 449. The molecule has 0 fully saturated rings. The van der Waals surface area contributed by atoms with Gasteiger partial charge in [-0.25, -0.2) is 20.4 Å². The highest BCUT2D eigenvalue weighted by atomic mass is 16.6. The molecular weight excluding hydrogens is 350 g/mol. The van der Waals surface area contributed by atoms with E-state index in [2.05, 4.69) is 15.5 Å².